The summed E-state index contributed by atoms with van der Waals surface area (Å²) in [5.74, 6) is -0.140. The summed E-state index contributed by atoms with van der Waals surface area (Å²) in [5, 5.41) is 14.0. The molecule has 0 fully saturated rings. The summed E-state index contributed by atoms with van der Waals surface area (Å²) in [6, 6.07) is -0.756. The second kappa shape index (κ2) is 45.4. The van der Waals surface area contributed by atoms with Gasteiger partial charge in [0.2, 0.25) is 5.91 Å². The van der Waals surface area contributed by atoms with E-state index in [0.717, 1.165) is 38.5 Å². The molecule has 0 aliphatic heterocycles. The second-order valence-electron chi connectivity index (χ2n) is 20.0. The molecule has 0 aliphatic rings. The lowest BCUT2D eigenvalue weighted by molar-refractivity contribution is -0.870. The predicted molar refractivity (Wildman–Crippen MR) is 268 cm³/mol. The summed E-state index contributed by atoms with van der Waals surface area (Å²) < 4.78 is 23.7. The van der Waals surface area contributed by atoms with E-state index >= 15 is 0 Å². The third-order valence-corrected chi connectivity index (χ3v) is 13.5. The number of nitrogens with one attached hydrogen (secondary N) is 1. The predicted octanol–water partition coefficient (Wildman–Crippen LogP) is 15.9. The molecule has 3 atom stereocenters. The third kappa shape index (κ3) is 47.2. The minimum atomic E-state index is -4.31. The molecule has 1 amide bonds. The summed E-state index contributed by atoms with van der Waals surface area (Å²) in [6.07, 6.45) is 54.0. The smallest absolute Gasteiger partial charge is 0.391 e. The van der Waals surface area contributed by atoms with E-state index < -0.39 is 20.0 Å². The first-order valence-corrected chi connectivity index (χ1v) is 28.5. The molecule has 9 heteroatoms. The van der Waals surface area contributed by atoms with E-state index in [1.807, 2.05) is 21.1 Å². The Morgan fingerprint density at radius 1 is 0.532 bits per heavy atom. The molecule has 0 aliphatic carbocycles. The highest BCUT2D eigenvalue weighted by Gasteiger charge is 2.28. The van der Waals surface area contributed by atoms with Crippen LogP contribution < -0.4 is 5.32 Å². The molecule has 0 saturated heterocycles. The summed E-state index contributed by atoms with van der Waals surface area (Å²) in [6.45, 7) is 4.92. The fraction of sp³-hybridized carbons (Fsp3) is 0.943. The molecule has 0 aromatic rings. The molecule has 0 spiro atoms. The lowest BCUT2D eigenvalue weighted by atomic mass is 10.0. The van der Waals surface area contributed by atoms with Crippen LogP contribution in [0, 0.1) is 0 Å². The first kappa shape index (κ1) is 61.2. The first-order chi connectivity index (χ1) is 30.0. The van der Waals surface area contributed by atoms with Crippen molar-refractivity contribution in [2.75, 3.05) is 40.9 Å². The van der Waals surface area contributed by atoms with Crippen LogP contribution >= 0.6 is 7.82 Å². The van der Waals surface area contributed by atoms with Gasteiger partial charge in [-0.1, -0.05) is 238 Å². The summed E-state index contributed by atoms with van der Waals surface area (Å²) in [7, 11) is 1.63. The number of aliphatic hydroxyl groups excluding tert-OH is 1. The maximum Gasteiger partial charge on any atom is 0.472 e. The number of carbonyl (C=O) groups excluding carboxylic acids is 1. The molecule has 0 aromatic carbocycles. The summed E-state index contributed by atoms with van der Waals surface area (Å²) >= 11 is 0. The Balaban J connectivity index is 4.14. The number of phosphoric acid groups is 1. The Bertz CT molecular complexity index is 1020. The largest absolute Gasteiger partial charge is 0.472 e. The molecule has 0 rings (SSSR count). The van der Waals surface area contributed by atoms with Gasteiger partial charge in [0, 0.05) is 6.42 Å². The van der Waals surface area contributed by atoms with Gasteiger partial charge in [0.1, 0.15) is 13.2 Å². The van der Waals surface area contributed by atoms with Crippen LogP contribution in [0.4, 0.5) is 0 Å². The highest BCUT2D eigenvalue weighted by Crippen LogP contribution is 2.43. The molecule has 0 heterocycles. The molecule has 0 aromatic heterocycles. The van der Waals surface area contributed by atoms with E-state index in [2.05, 4.69) is 31.3 Å². The van der Waals surface area contributed by atoms with E-state index in [1.165, 1.54) is 205 Å². The first-order valence-electron chi connectivity index (χ1n) is 27.1. The van der Waals surface area contributed by atoms with Gasteiger partial charge in [-0.15, -0.1) is 0 Å². The van der Waals surface area contributed by atoms with E-state index in [9.17, 15) is 19.4 Å². The average Bonchev–Trinajstić information content (AvgIpc) is 3.23. The van der Waals surface area contributed by atoms with Crippen LogP contribution in [0.1, 0.15) is 271 Å². The van der Waals surface area contributed by atoms with Gasteiger partial charge in [-0.3, -0.25) is 13.8 Å². The van der Waals surface area contributed by atoms with Crippen LogP contribution in [0.2, 0.25) is 0 Å². The number of aliphatic hydroxyl groups is 1. The Kier molecular flexibility index (Phi) is 44.8. The number of hydrogen-bond acceptors (Lipinski definition) is 5. The van der Waals surface area contributed by atoms with Gasteiger partial charge in [-0.25, -0.2) is 4.57 Å². The maximum absolute atomic E-state index is 13.0. The SMILES string of the molecule is CCCCCCCCCC/C=C\CCCCCCCCCCCCCCCC(=O)NC(COP(=O)(O)OCC[N+](C)(C)C)C(O)CCCCCCCCCCCCCCCCC. The highest BCUT2D eigenvalue weighted by atomic mass is 31.2. The number of nitrogens with zero attached hydrogens (tertiary/aromatic N) is 1. The van der Waals surface area contributed by atoms with E-state index in [1.54, 1.807) is 0 Å². The fourth-order valence-electron chi connectivity index (χ4n) is 8.22. The van der Waals surface area contributed by atoms with E-state index in [-0.39, 0.29) is 19.1 Å². The maximum atomic E-state index is 13.0. The number of likely N-dealkylation sites (N-methyl/N-ethyl adjacent to an activating group) is 1. The molecule has 3 unspecified atom stereocenters. The van der Waals surface area contributed by atoms with Crippen LogP contribution in [0.15, 0.2) is 12.2 Å². The zero-order chi connectivity index (χ0) is 45.7. The summed E-state index contributed by atoms with van der Waals surface area (Å²) in [5.41, 5.74) is 0. The quantitative estimate of drug-likeness (QED) is 0.0243. The van der Waals surface area contributed by atoms with E-state index in [0.29, 0.717) is 23.9 Å². The van der Waals surface area contributed by atoms with Crippen LogP contribution in [0.5, 0.6) is 0 Å². The van der Waals surface area contributed by atoms with Gasteiger partial charge in [0.05, 0.1) is 39.9 Å². The van der Waals surface area contributed by atoms with Crippen molar-refractivity contribution in [2.45, 2.75) is 283 Å². The van der Waals surface area contributed by atoms with Gasteiger partial charge >= 0.3 is 7.82 Å². The molecule has 0 bridgehead atoms. The number of hydrogen-bond donors (Lipinski definition) is 3. The molecule has 62 heavy (non-hydrogen) atoms. The van der Waals surface area contributed by atoms with Crippen molar-refractivity contribution in [1.82, 2.24) is 5.32 Å². The van der Waals surface area contributed by atoms with Crippen molar-refractivity contribution >= 4 is 13.7 Å². The number of rotatable bonds is 50. The van der Waals surface area contributed by atoms with Crippen LogP contribution in [-0.2, 0) is 18.4 Å². The van der Waals surface area contributed by atoms with E-state index in [4.69, 9.17) is 9.05 Å². The van der Waals surface area contributed by atoms with Crippen LogP contribution in [-0.4, -0.2) is 73.4 Å². The molecular weight excluding hydrogens is 792 g/mol. The Hall–Kier alpha value is -0.760. The zero-order valence-corrected chi connectivity index (χ0v) is 43.0. The van der Waals surface area contributed by atoms with Gasteiger partial charge in [-0.2, -0.15) is 0 Å². The minimum Gasteiger partial charge on any atom is -0.391 e. The lowest BCUT2D eigenvalue weighted by Crippen LogP contribution is -2.46. The monoisotopic (exact) mass is 900 g/mol. The number of quaternary nitrogens is 1. The number of unbranched alkanes of at least 4 members (excludes halogenated alkanes) is 35. The molecule has 8 nitrogen and oxygen atoms in total. The van der Waals surface area contributed by atoms with Gasteiger partial charge in [0.25, 0.3) is 0 Å². The van der Waals surface area contributed by atoms with Gasteiger partial charge < -0.3 is 19.8 Å². The van der Waals surface area contributed by atoms with Crippen LogP contribution in [0.3, 0.4) is 0 Å². The normalized spacial score (nSPS) is 14.1. The number of phosphoric ester groups is 1. The lowest BCUT2D eigenvalue weighted by Gasteiger charge is -2.26. The molecule has 0 radical (unpaired) electrons. The Morgan fingerprint density at radius 2 is 0.871 bits per heavy atom. The highest BCUT2D eigenvalue weighted by molar-refractivity contribution is 7.47. The molecule has 370 valence electrons. The van der Waals surface area contributed by atoms with Crippen molar-refractivity contribution < 1.29 is 32.9 Å². The Morgan fingerprint density at radius 3 is 1.24 bits per heavy atom. The van der Waals surface area contributed by atoms with Crippen molar-refractivity contribution in [3.63, 3.8) is 0 Å². The topological polar surface area (TPSA) is 105 Å². The average molecular weight is 900 g/mol. The molecular formula is C53H108N2O6P+. The second-order valence-corrected chi connectivity index (χ2v) is 21.4. The van der Waals surface area contributed by atoms with Crippen molar-refractivity contribution in [2.24, 2.45) is 0 Å². The number of amides is 1. The molecule has 3 N–H and O–H groups in total. The minimum absolute atomic E-state index is 0.0773. The summed E-state index contributed by atoms with van der Waals surface area (Å²) in [4.78, 5) is 23.3. The van der Waals surface area contributed by atoms with Crippen molar-refractivity contribution in [1.29, 1.82) is 0 Å². The standard InChI is InChI=1S/C53H107N2O6P/c1-6-8-10-12-14-16-18-20-22-23-24-25-26-27-28-29-30-31-33-35-37-39-41-43-45-47-53(57)54-51(50-61-62(58,59)60-49-48-55(3,4)5)52(56)46-44-42-40-38-36-34-32-21-19-17-15-13-11-9-7-2/h23-24,51-52,56H,6-22,25-50H2,1-5H3,(H-,54,57,58,59)/p+1/b24-23-. The fourth-order valence-corrected chi connectivity index (χ4v) is 8.96. The number of allylic oxidation sites excluding steroid dienone is 2. The Labute approximate surface area is 386 Å². The van der Waals surface area contributed by atoms with Crippen molar-refractivity contribution in [3.8, 4) is 0 Å². The van der Waals surface area contributed by atoms with Crippen LogP contribution in [0.25, 0.3) is 0 Å². The van der Waals surface area contributed by atoms with Gasteiger partial charge in [0.15, 0.2) is 0 Å². The van der Waals surface area contributed by atoms with Gasteiger partial charge in [-0.05, 0) is 38.5 Å². The number of carbonyl (C=O) groups is 1. The van der Waals surface area contributed by atoms with Crippen molar-refractivity contribution in [3.05, 3.63) is 12.2 Å². The third-order valence-electron chi connectivity index (χ3n) is 12.5. The molecule has 0 saturated carbocycles. The zero-order valence-electron chi connectivity index (χ0n) is 42.1.